The normalized spacial score (nSPS) is 11.8. The van der Waals surface area contributed by atoms with Gasteiger partial charge in [0.25, 0.3) is 5.56 Å². The van der Waals surface area contributed by atoms with Gasteiger partial charge in [0, 0.05) is 6.42 Å². The van der Waals surface area contributed by atoms with Crippen LogP contribution in [0.2, 0.25) is 0 Å². The van der Waals surface area contributed by atoms with E-state index in [1.165, 1.54) is 24.3 Å². The highest BCUT2D eigenvalue weighted by atomic mass is 32.1. The van der Waals surface area contributed by atoms with Gasteiger partial charge in [-0.3, -0.25) is 4.79 Å². The van der Waals surface area contributed by atoms with E-state index in [1.807, 2.05) is 0 Å². The third-order valence-electron chi connectivity index (χ3n) is 3.32. The molecule has 2 aromatic heterocycles. The van der Waals surface area contributed by atoms with Crippen molar-refractivity contribution in [3.05, 3.63) is 62.5 Å². The predicted octanol–water partition coefficient (Wildman–Crippen LogP) is 3.29. The van der Waals surface area contributed by atoms with Crippen molar-refractivity contribution < 1.29 is 23.1 Å². The minimum absolute atomic E-state index is 0.0267. The zero-order valence-corrected chi connectivity index (χ0v) is 12.7. The van der Waals surface area contributed by atoms with Crippen molar-refractivity contribution in [2.45, 2.75) is 12.6 Å². The van der Waals surface area contributed by atoms with E-state index in [4.69, 9.17) is 5.11 Å². The highest BCUT2D eigenvalue weighted by Crippen LogP contribution is 2.32. The quantitative estimate of drug-likeness (QED) is 0.756. The lowest BCUT2D eigenvalue weighted by Crippen LogP contribution is -2.13. The minimum Gasteiger partial charge on any atom is -0.477 e. The Morgan fingerprint density at radius 3 is 2.67 bits per heavy atom. The van der Waals surface area contributed by atoms with E-state index in [9.17, 15) is 22.8 Å². The Balaban J connectivity index is 2.06. The van der Waals surface area contributed by atoms with Gasteiger partial charge in [0.2, 0.25) is 0 Å². The molecule has 24 heavy (non-hydrogen) atoms. The number of halogens is 3. The first-order chi connectivity index (χ1) is 11.3. The van der Waals surface area contributed by atoms with Crippen LogP contribution >= 0.6 is 11.3 Å². The number of carbonyl (C=O) groups is 1. The van der Waals surface area contributed by atoms with Crippen LogP contribution in [0.4, 0.5) is 13.2 Å². The molecule has 0 fully saturated rings. The fourth-order valence-corrected chi connectivity index (χ4v) is 3.14. The summed E-state index contributed by atoms with van der Waals surface area (Å²) in [5, 5.41) is 8.95. The molecule has 0 bridgehead atoms. The first kappa shape index (κ1) is 16.2. The van der Waals surface area contributed by atoms with Gasteiger partial charge in [-0.15, -0.1) is 11.3 Å². The Kier molecular flexibility index (Phi) is 3.88. The Morgan fingerprint density at radius 1 is 1.29 bits per heavy atom. The Hall–Kier alpha value is -2.68. The lowest BCUT2D eigenvalue weighted by molar-refractivity contribution is -0.138. The second-order valence-electron chi connectivity index (χ2n) is 4.97. The van der Waals surface area contributed by atoms with Gasteiger partial charge in [-0.1, -0.05) is 18.2 Å². The van der Waals surface area contributed by atoms with Crippen LogP contribution in [0, 0.1) is 0 Å². The largest absolute Gasteiger partial charge is 0.477 e. The molecule has 0 radical (unpaired) electrons. The van der Waals surface area contributed by atoms with Gasteiger partial charge in [0.05, 0.1) is 11.1 Å². The zero-order valence-electron chi connectivity index (χ0n) is 11.8. The summed E-state index contributed by atoms with van der Waals surface area (Å²) in [5.74, 6) is -1.15. The molecule has 0 aliphatic carbocycles. The third kappa shape index (κ3) is 3.02. The number of benzene rings is 1. The van der Waals surface area contributed by atoms with Crippen LogP contribution in [0.3, 0.4) is 0 Å². The fourth-order valence-electron chi connectivity index (χ4n) is 2.31. The maximum Gasteiger partial charge on any atom is 0.416 e. The van der Waals surface area contributed by atoms with Crippen LogP contribution in [-0.4, -0.2) is 21.0 Å². The van der Waals surface area contributed by atoms with E-state index >= 15 is 0 Å². The summed E-state index contributed by atoms with van der Waals surface area (Å²) in [6.45, 7) is 0. The molecule has 124 valence electrons. The number of hydrogen-bond donors (Lipinski definition) is 2. The summed E-state index contributed by atoms with van der Waals surface area (Å²) in [6.07, 6.45) is -4.74. The number of nitrogens with one attached hydrogen (secondary N) is 1. The Morgan fingerprint density at radius 2 is 2.00 bits per heavy atom. The van der Waals surface area contributed by atoms with Gasteiger partial charge in [-0.05, 0) is 17.7 Å². The maximum atomic E-state index is 13.0. The molecule has 3 aromatic rings. The molecule has 1 aromatic carbocycles. The summed E-state index contributed by atoms with van der Waals surface area (Å²) in [7, 11) is 0. The number of rotatable bonds is 3. The molecule has 0 unspecified atom stereocenters. The molecule has 2 heterocycles. The first-order valence-corrected chi connectivity index (χ1v) is 7.48. The van der Waals surface area contributed by atoms with Crippen LogP contribution in [0.15, 0.2) is 35.1 Å². The van der Waals surface area contributed by atoms with Gasteiger partial charge >= 0.3 is 12.1 Å². The number of carboxylic acids is 1. The van der Waals surface area contributed by atoms with Gasteiger partial charge in [-0.2, -0.15) is 13.2 Å². The maximum absolute atomic E-state index is 13.0. The number of hydrogen-bond acceptors (Lipinski definition) is 4. The second-order valence-corrected chi connectivity index (χ2v) is 6.03. The molecule has 0 saturated heterocycles. The number of aromatic carboxylic acids is 1. The molecule has 2 N–H and O–H groups in total. The molecule has 0 amide bonds. The van der Waals surface area contributed by atoms with E-state index in [-0.39, 0.29) is 32.9 Å². The van der Waals surface area contributed by atoms with E-state index in [1.54, 1.807) is 0 Å². The molecular formula is C15H9F3N2O3S. The van der Waals surface area contributed by atoms with Crippen LogP contribution in [0.25, 0.3) is 10.2 Å². The SMILES string of the molecule is O=C(O)c1cc2nc(Cc3ccccc3C(F)(F)F)[nH]c(=O)c2s1. The molecular weight excluding hydrogens is 345 g/mol. The second kappa shape index (κ2) is 5.75. The molecule has 0 aliphatic rings. The highest BCUT2D eigenvalue weighted by molar-refractivity contribution is 7.20. The van der Waals surface area contributed by atoms with E-state index in [2.05, 4.69) is 9.97 Å². The Labute approximate surface area is 136 Å². The molecule has 3 rings (SSSR count). The number of carboxylic acid groups (broad SMARTS) is 1. The number of fused-ring (bicyclic) bond motifs is 1. The van der Waals surface area contributed by atoms with Crippen LogP contribution in [-0.2, 0) is 12.6 Å². The van der Waals surface area contributed by atoms with Crippen molar-refractivity contribution in [1.29, 1.82) is 0 Å². The lowest BCUT2D eigenvalue weighted by atomic mass is 10.0. The van der Waals surface area contributed by atoms with Gasteiger partial charge in [0.15, 0.2) is 0 Å². The number of aromatic nitrogens is 2. The summed E-state index contributed by atoms with van der Waals surface area (Å²) in [4.78, 5) is 29.4. The molecule has 5 nitrogen and oxygen atoms in total. The zero-order chi connectivity index (χ0) is 17.5. The summed E-state index contributed by atoms with van der Waals surface area (Å²) >= 11 is 0.769. The monoisotopic (exact) mass is 354 g/mol. The van der Waals surface area contributed by atoms with Crippen molar-refractivity contribution in [2.75, 3.05) is 0 Å². The van der Waals surface area contributed by atoms with Crippen molar-refractivity contribution in [1.82, 2.24) is 9.97 Å². The van der Waals surface area contributed by atoms with Crippen LogP contribution < -0.4 is 5.56 Å². The van der Waals surface area contributed by atoms with E-state index < -0.39 is 23.3 Å². The standard InChI is InChI=1S/C15H9F3N2O3S/c16-15(17,18)8-4-2-1-3-7(8)5-11-19-9-6-10(14(22)23)24-12(9)13(21)20-11/h1-4,6H,5H2,(H,22,23)(H,19,20,21). The molecule has 9 heteroatoms. The van der Waals surface area contributed by atoms with Gasteiger partial charge in [0.1, 0.15) is 15.4 Å². The number of H-pyrrole nitrogens is 1. The fraction of sp³-hybridized carbons (Fsp3) is 0.133. The average molecular weight is 354 g/mol. The minimum atomic E-state index is -4.51. The third-order valence-corrected chi connectivity index (χ3v) is 4.43. The summed E-state index contributed by atoms with van der Waals surface area (Å²) in [5.41, 5.74) is -1.25. The molecule has 0 saturated carbocycles. The molecule has 0 spiro atoms. The van der Waals surface area contributed by atoms with Gasteiger partial charge in [-0.25, -0.2) is 9.78 Å². The van der Waals surface area contributed by atoms with Crippen LogP contribution in [0.1, 0.15) is 26.6 Å². The number of aromatic amines is 1. The van der Waals surface area contributed by atoms with Crippen LogP contribution in [0.5, 0.6) is 0 Å². The predicted molar refractivity (Wildman–Crippen MR) is 81.5 cm³/mol. The van der Waals surface area contributed by atoms with Crippen molar-refractivity contribution in [2.24, 2.45) is 0 Å². The Bertz CT molecular complexity index is 992. The molecule has 0 atom stereocenters. The topological polar surface area (TPSA) is 83.0 Å². The van der Waals surface area contributed by atoms with Crippen molar-refractivity contribution in [3.8, 4) is 0 Å². The van der Waals surface area contributed by atoms with E-state index in [0.29, 0.717) is 0 Å². The summed E-state index contributed by atoms with van der Waals surface area (Å²) in [6, 6.07) is 6.25. The first-order valence-electron chi connectivity index (χ1n) is 6.67. The average Bonchev–Trinajstić information content (AvgIpc) is 2.91. The number of alkyl halides is 3. The smallest absolute Gasteiger partial charge is 0.416 e. The highest BCUT2D eigenvalue weighted by Gasteiger charge is 2.33. The lowest BCUT2D eigenvalue weighted by Gasteiger charge is -2.12. The van der Waals surface area contributed by atoms with Gasteiger partial charge < -0.3 is 10.1 Å². The van der Waals surface area contributed by atoms with Crippen molar-refractivity contribution in [3.63, 3.8) is 0 Å². The molecule has 0 aliphatic heterocycles. The van der Waals surface area contributed by atoms with E-state index in [0.717, 1.165) is 17.4 Å². The number of thiophene rings is 1. The van der Waals surface area contributed by atoms with Crippen molar-refractivity contribution >= 4 is 27.5 Å². The summed E-state index contributed by atoms with van der Waals surface area (Å²) < 4.78 is 39.2. The number of nitrogens with zero attached hydrogens (tertiary/aromatic N) is 1.